The van der Waals surface area contributed by atoms with E-state index in [0.29, 0.717) is 50.1 Å². The predicted molar refractivity (Wildman–Crippen MR) is 152 cm³/mol. The summed E-state index contributed by atoms with van der Waals surface area (Å²) in [5.74, 6) is 0.428. The van der Waals surface area contributed by atoms with E-state index in [1.807, 2.05) is 33.8 Å². The summed E-state index contributed by atoms with van der Waals surface area (Å²) in [7, 11) is 0. The average molecular weight is 730 g/mol. The molecule has 0 bridgehead atoms. The molecule has 1 aromatic carbocycles. The van der Waals surface area contributed by atoms with Gasteiger partial charge in [0.15, 0.2) is 0 Å². The molecule has 1 aliphatic heterocycles. The number of pyridine rings is 3. The van der Waals surface area contributed by atoms with Crippen LogP contribution in [0.4, 0.5) is 5.69 Å². The van der Waals surface area contributed by atoms with E-state index in [2.05, 4.69) is 25.9 Å². The molecule has 0 saturated heterocycles. The maximum absolute atomic E-state index is 10.4. The van der Waals surface area contributed by atoms with Crippen molar-refractivity contribution in [3.63, 3.8) is 0 Å². The van der Waals surface area contributed by atoms with Crippen LogP contribution in [0.1, 0.15) is 63.9 Å². The SMILES string of the molecule is [2H]C1([2H])c2cnccc2[C@]2(C)N=C(c3[c-]c(Oc4ccc5cc(C)nc(O)c5n4)c(C)c([N+]#[C-])c3C)O[C@]12C(C)(C)C.[Pt]. The van der Waals surface area contributed by atoms with Crippen LogP contribution in [0.25, 0.3) is 15.7 Å². The maximum Gasteiger partial charge on any atom is 0.238 e. The fourth-order valence-electron chi connectivity index (χ4n) is 5.91. The van der Waals surface area contributed by atoms with Crippen molar-refractivity contribution in [2.45, 2.75) is 66.0 Å². The van der Waals surface area contributed by atoms with Gasteiger partial charge in [0, 0.05) is 70.9 Å². The Morgan fingerprint density at radius 2 is 1.93 bits per heavy atom. The van der Waals surface area contributed by atoms with E-state index < -0.39 is 22.9 Å². The van der Waals surface area contributed by atoms with Crippen LogP contribution in [0.5, 0.6) is 17.5 Å². The van der Waals surface area contributed by atoms with Crippen LogP contribution < -0.4 is 4.74 Å². The van der Waals surface area contributed by atoms with Crippen LogP contribution >= 0.6 is 0 Å². The van der Waals surface area contributed by atoms with Crippen LogP contribution in [-0.4, -0.2) is 31.6 Å². The summed E-state index contributed by atoms with van der Waals surface area (Å²) < 4.78 is 31.6. The second-order valence-electron chi connectivity index (χ2n) is 11.5. The number of aromatic hydroxyl groups is 1. The molecule has 0 radical (unpaired) electrons. The number of fused-ring (bicyclic) bond motifs is 4. The third-order valence-corrected chi connectivity index (χ3v) is 7.93. The van der Waals surface area contributed by atoms with Gasteiger partial charge >= 0.3 is 0 Å². The van der Waals surface area contributed by atoms with Crippen LogP contribution in [0, 0.1) is 38.8 Å². The summed E-state index contributed by atoms with van der Waals surface area (Å²) in [6, 6.07) is 10.3. The van der Waals surface area contributed by atoms with Gasteiger partial charge in [-0.2, -0.15) is 0 Å². The first-order valence-corrected chi connectivity index (χ1v) is 13.0. The topological polar surface area (TPSA) is 94.1 Å². The smallest absolute Gasteiger partial charge is 0.238 e. The summed E-state index contributed by atoms with van der Waals surface area (Å²) in [6.45, 7) is 21.0. The molecule has 2 aliphatic rings. The zero-order valence-corrected chi connectivity index (χ0v) is 26.1. The van der Waals surface area contributed by atoms with Crippen LogP contribution in [0.2, 0.25) is 0 Å². The summed E-state index contributed by atoms with van der Waals surface area (Å²) in [6.07, 6.45) is 1.27. The van der Waals surface area contributed by atoms with Gasteiger partial charge in [-0.1, -0.05) is 51.8 Å². The normalized spacial score (nSPS) is 22.8. The standard InChI is InChI=1S/C32H30N5O3.Pt/c1-17-13-20-9-10-25(36-27(20)28(38)35-17)39-24-14-22(18(2)26(33-8)19(24)3)29-37-31(7)23-11-12-34-16-21(23)15-32(31,40-29)30(4,5)6;/h9-13,16H,15H2,1-7H3,(H,35,38);/q-1;/t31-,32-;/m0./s1/i15D2;. The molecule has 0 unspecified atom stereocenters. The molecular formula is C32H30N5O3Pt-. The molecule has 1 N–H and O–H groups in total. The fourth-order valence-corrected chi connectivity index (χ4v) is 5.91. The third kappa shape index (κ3) is 4.13. The van der Waals surface area contributed by atoms with Crippen LogP contribution in [-0.2, 0) is 37.7 Å². The Balaban J connectivity index is 0.00000368. The molecule has 6 rings (SSSR count). The van der Waals surface area contributed by atoms with E-state index in [-0.39, 0.29) is 44.5 Å². The van der Waals surface area contributed by atoms with Crippen molar-refractivity contribution in [2.75, 3.05) is 0 Å². The molecule has 3 aromatic heterocycles. The van der Waals surface area contributed by atoms with Gasteiger partial charge in [-0.15, -0.1) is 5.56 Å². The van der Waals surface area contributed by atoms with Crippen molar-refractivity contribution < 1.29 is 38.4 Å². The maximum atomic E-state index is 10.4. The molecule has 4 aromatic rings. The Bertz CT molecular complexity index is 1900. The first-order chi connectivity index (χ1) is 19.7. The van der Waals surface area contributed by atoms with Crippen molar-refractivity contribution in [1.29, 1.82) is 0 Å². The van der Waals surface area contributed by atoms with E-state index in [0.717, 1.165) is 0 Å². The number of rotatable bonds is 3. The van der Waals surface area contributed by atoms with Gasteiger partial charge < -0.3 is 14.6 Å². The fraction of sp³-hybridized carbons (Fsp3) is 0.344. The number of hydrogen-bond acceptors (Lipinski definition) is 7. The van der Waals surface area contributed by atoms with Crippen molar-refractivity contribution in [3.8, 4) is 17.5 Å². The average Bonchev–Trinajstić information content (AvgIpc) is 3.33. The Labute approximate surface area is 256 Å². The Morgan fingerprint density at radius 1 is 1.17 bits per heavy atom. The van der Waals surface area contributed by atoms with E-state index in [4.69, 9.17) is 21.0 Å². The molecule has 4 heterocycles. The van der Waals surface area contributed by atoms with Gasteiger partial charge in [0.1, 0.15) is 28.2 Å². The summed E-state index contributed by atoms with van der Waals surface area (Å²) in [5, 5.41) is 11.1. The number of aliphatic imine (C=N–C) groups is 1. The molecule has 0 amide bonds. The van der Waals surface area contributed by atoms with Crippen molar-refractivity contribution in [3.05, 3.63) is 87.7 Å². The number of hydrogen-bond donors (Lipinski definition) is 1. The number of benzene rings is 1. The number of aryl methyl sites for hydroxylation is 1. The summed E-state index contributed by atoms with van der Waals surface area (Å²) in [5.41, 5.74) is 0.826. The summed E-state index contributed by atoms with van der Waals surface area (Å²) >= 11 is 0. The van der Waals surface area contributed by atoms with E-state index in [1.165, 1.54) is 0 Å². The second-order valence-corrected chi connectivity index (χ2v) is 11.5. The monoisotopic (exact) mass is 729 g/mol. The Kier molecular flexibility index (Phi) is 6.13. The zero-order chi connectivity index (χ0) is 30.4. The molecule has 8 nitrogen and oxygen atoms in total. The number of nitrogens with zero attached hydrogens (tertiary/aromatic N) is 5. The van der Waals surface area contributed by atoms with Crippen molar-refractivity contribution >= 4 is 22.5 Å². The minimum Gasteiger partial charge on any atom is -0.510 e. The Hall–Kier alpha value is -3.82. The van der Waals surface area contributed by atoms with Gasteiger partial charge in [0.2, 0.25) is 11.8 Å². The van der Waals surface area contributed by atoms with Crippen LogP contribution in [0.15, 0.2) is 41.7 Å². The molecule has 9 heteroatoms. The van der Waals surface area contributed by atoms with Gasteiger partial charge in [0.05, 0.1) is 6.57 Å². The zero-order valence-electron chi connectivity index (χ0n) is 25.8. The molecule has 0 fully saturated rings. The molecule has 41 heavy (non-hydrogen) atoms. The first kappa shape index (κ1) is 26.1. The predicted octanol–water partition coefficient (Wildman–Crippen LogP) is 6.83. The number of ether oxygens (including phenoxy) is 2. The molecule has 2 atom stereocenters. The molecule has 212 valence electrons. The molecular weight excluding hydrogens is 697 g/mol. The molecule has 0 saturated carbocycles. The summed E-state index contributed by atoms with van der Waals surface area (Å²) in [4.78, 5) is 21.6. The number of aromatic nitrogens is 3. The largest absolute Gasteiger partial charge is 0.510 e. The van der Waals surface area contributed by atoms with Crippen LogP contribution in [0.3, 0.4) is 0 Å². The minimum absolute atomic E-state index is 0. The quantitative estimate of drug-likeness (QED) is 0.233. The molecule has 0 spiro atoms. The molecule has 1 aliphatic carbocycles. The first-order valence-electron chi connectivity index (χ1n) is 14.0. The Morgan fingerprint density at radius 3 is 2.63 bits per heavy atom. The third-order valence-electron chi connectivity index (χ3n) is 7.93. The van der Waals surface area contributed by atoms with Gasteiger partial charge in [-0.05, 0) is 43.2 Å². The van der Waals surface area contributed by atoms with Gasteiger partial charge in [0.25, 0.3) is 0 Å². The minimum atomic E-state index is -1.93. The van der Waals surface area contributed by atoms with Gasteiger partial charge in [-0.3, -0.25) is 14.8 Å². The van der Waals surface area contributed by atoms with E-state index in [1.54, 1.807) is 51.4 Å². The van der Waals surface area contributed by atoms with Crippen molar-refractivity contribution in [1.82, 2.24) is 15.0 Å². The van der Waals surface area contributed by atoms with E-state index in [9.17, 15) is 7.85 Å². The van der Waals surface area contributed by atoms with Gasteiger partial charge in [-0.25, -0.2) is 9.97 Å². The van der Waals surface area contributed by atoms with Crippen molar-refractivity contribution in [2.24, 2.45) is 10.4 Å². The van der Waals surface area contributed by atoms with E-state index >= 15 is 0 Å². The second kappa shape index (κ2) is 9.63.